The molecule has 0 saturated carbocycles. The molecule has 3 heteroatoms. The lowest BCUT2D eigenvalue weighted by Crippen LogP contribution is -2.18. The molecule has 0 aromatic carbocycles. The van der Waals surface area contributed by atoms with Gasteiger partial charge in [-0.1, -0.05) is 21.6 Å². The Labute approximate surface area is 65.3 Å². The smallest absolute Gasteiger partial charge is 0.103 e. The van der Waals surface area contributed by atoms with Crippen molar-refractivity contribution in [1.29, 1.82) is 0 Å². The van der Waals surface area contributed by atoms with Gasteiger partial charge in [0, 0.05) is 0 Å². The van der Waals surface area contributed by atoms with Crippen molar-refractivity contribution in [2.45, 2.75) is 26.4 Å². The summed E-state index contributed by atoms with van der Waals surface area (Å²) in [7, 11) is 3.46. The molecular weight excluding hydrogens is 152 g/mol. The van der Waals surface area contributed by atoms with Crippen molar-refractivity contribution in [3.8, 4) is 0 Å². The molecule has 1 nitrogen and oxygen atoms in total. The van der Waals surface area contributed by atoms with E-state index in [4.69, 9.17) is 4.74 Å². The predicted molar refractivity (Wildman–Crippen MR) is 46.8 cm³/mol. The van der Waals surface area contributed by atoms with Crippen molar-refractivity contribution in [3.63, 3.8) is 0 Å². The van der Waals surface area contributed by atoms with Crippen LogP contribution in [0, 0.1) is 0 Å². The summed E-state index contributed by atoms with van der Waals surface area (Å²) in [6.07, 6.45) is 2.05. The molecule has 0 saturated heterocycles. The molecule has 0 heterocycles. The maximum atomic E-state index is 5.41. The first-order valence-electron chi connectivity index (χ1n) is 2.86. The lowest BCUT2D eigenvalue weighted by Gasteiger charge is -2.18. The van der Waals surface area contributed by atoms with Crippen LogP contribution >= 0.6 is 21.6 Å². The van der Waals surface area contributed by atoms with E-state index in [1.807, 2.05) is 0 Å². The zero-order valence-corrected chi connectivity index (χ0v) is 8.06. The Hall–Kier alpha value is 0.660. The van der Waals surface area contributed by atoms with Gasteiger partial charge in [0.05, 0.1) is 5.60 Å². The highest BCUT2D eigenvalue weighted by molar-refractivity contribution is 8.76. The van der Waals surface area contributed by atoms with Gasteiger partial charge in [0.1, 0.15) is 5.94 Å². The van der Waals surface area contributed by atoms with Crippen LogP contribution in [0.25, 0.3) is 0 Å². The molecule has 0 rings (SSSR count). The summed E-state index contributed by atoms with van der Waals surface area (Å²) >= 11 is 0. The third kappa shape index (κ3) is 8.66. The summed E-state index contributed by atoms with van der Waals surface area (Å²) in [4.78, 5) is 0. The highest BCUT2D eigenvalue weighted by Gasteiger charge is 2.08. The van der Waals surface area contributed by atoms with Crippen LogP contribution in [-0.2, 0) is 4.74 Å². The topological polar surface area (TPSA) is 9.23 Å². The average Bonchev–Trinajstić information content (AvgIpc) is 1.63. The summed E-state index contributed by atoms with van der Waals surface area (Å²) in [5.41, 5.74) is 0.0166. The fraction of sp³-hybridized carbons (Fsp3) is 1.00. The Morgan fingerprint density at radius 1 is 1.33 bits per heavy atom. The van der Waals surface area contributed by atoms with Crippen molar-refractivity contribution in [2.24, 2.45) is 0 Å². The van der Waals surface area contributed by atoms with E-state index < -0.39 is 0 Å². The van der Waals surface area contributed by atoms with E-state index in [-0.39, 0.29) is 5.60 Å². The normalized spacial score (nSPS) is 12.0. The van der Waals surface area contributed by atoms with Crippen molar-refractivity contribution < 1.29 is 4.74 Å². The van der Waals surface area contributed by atoms with Crippen molar-refractivity contribution in [3.05, 3.63) is 0 Å². The van der Waals surface area contributed by atoms with Gasteiger partial charge < -0.3 is 4.74 Å². The van der Waals surface area contributed by atoms with Gasteiger partial charge >= 0.3 is 0 Å². The Balaban J connectivity index is 3.07. The third-order valence-corrected chi connectivity index (χ3v) is 2.10. The molecule has 0 aliphatic rings. The fourth-order valence-corrected chi connectivity index (χ4v) is 1.18. The molecule has 9 heavy (non-hydrogen) atoms. The Kier molecular flexibility index (Phi) is 4.80. The van der Waals surface area contributed by atoms with Crippen LogP contribution < -0.4 is 0 Å². The maximum Gasteiger partial charge on any atom is 0.103 e. The maximum absolute atomic E-state index is 5.41. The largest absolute Gasteiger partial charge is 0.364 e. The van der Waals surface area contributed by atoms with E-state index in [0.29, 0.717) is 0 Å². The average molecular weight is 166 g/mol. The molecule has 0 aromatic rings. The molecule has 0 aromatic heterocycles. The molecule has 0 atom stereocenters. The molecular formula is C6H14OS2. The van der Waals surface area contributed by atoms with Crippen LogP contribution in [0.15, 0.2) is 0 Å². The van der Waals surface area contributed by atoms with Gasteiger partial charge in [0.15, 0.2) is 0 Å². The van der Waals surface area contributed by atoms with Gasteiger partial charge in [0.2, 0.25) is 0 Å². The number of rotatable bonds is 3. The second-order valence-corrected chi connectivity index (χ2v) is 5.17. The molecule has 0 radical (unpaired) electrons. The molecule has 0 amide bonds. The van der Waals surface area contributed by atoms with Crippen LogP contribution in [-0.4, -0.2) is 17.8 Å². The predicted octanol–water partition coefficient (Wildman–Crippen LogP) is 2.77. The summed E-state index contributed by atoms with van der Waals surface area (Å²) < 4.78 is 5.41. The first-order valence-corrected chi connectivity index (χ1v) is 5.58. The van der Waals surface area contributed by atoms with Gasteiger partial charge in [0.25, 0.3) is 0 Å². The number of hydrogen-bond acceptors (Lipinski definition) is 3. The van der Waals surface area contributed by atoms with Gasteiger partial charge in [-0.25, -0.2) is 0 Å². The monoisotopic (exact) mass is 166 g/mol. The van der Waals surface area contributed by atoms with Gasteiger partial charge in [-0.05, 0) is 27.0 Å². The van der Waals surface area contributed by atoms with Crippen molar-refractivity contribution in [1.82, 2.24) is 0 Å². The fourth-order valence-electron chi connectivity index (χ4n) is 0.249. The van der Waals surface area contributed by atoms with E-state index >= 15 is 0 Å². The minimum absolute atomic E-state index is 0.0166. The molecule has 0 aliphatic heterocycles. The quantitative estimate of drug-likeness (QED) is 0.362. The van der Waals surface area contributed by atoms with Gasteiger partial charge in [-0.3, -0.25) is 0 Å². The number of hydrogen-bond donors (Lipinski definition) is 0. The molecule has 0 spiro atoms. The molecule has 0 fully saturated rings. The SMILES string of the molecule is CSSCOC(C)(C)C. The lowest BCUT2D eigenvalue weighted by atomic mass is 10.2. The number of ether oxygens (including phenoxy) is 1. The summed E-state index contributed by atoms with van der Waals surface area (Å²) in [5.74, 6) is 0.782. The highest BCUT2D eigenvalue weighted by Crippen LogP contribution is 2.19. The van der Waals surface area contributed by atoms with Crippen molar-refractivity contribution in [2.75, 3.05) is 12.2 Å². The van der Waals surface area contributed by atoms with E-state index in [0.717, 1.165) is 5.94 Å². The minimum Gasteiger partial charge on any atom is -0.364 e. The van der Waals surface area contributed by atoms with Crippen molar-refractivity contribution >= 4 is 21.6 Å². The van der Waals surface area contributed by atoms with E-state index in [2.05, 4.69) is 27.0 Å². The van der Waals surface area contributed by atoms with Crippen LogP contribution in [0.3, 0.4) is 0 Å². The summed E-state index contributed by atoms with van der Waals surface area (Å²) in [6, 6.07) is 0. The van der Waals surface area contributed by atoms with E-state index in [1.54, 1.807) is 21.6 Å². The molecule has 0 bridgehead atoms. The van der Waals surface area contributed by atoms with Gasteiger partial charge in [-0.15, -0.1) is 0 Å². The standard InChI is InChI=1S/C6H14OS2/c1-6(2,3)7-5-9-8-4/h5H2,1-4H3. The van der Waals surface area contributed by atoms with Gasteiger partial charge in [-0.2, -0.15) is 0 Å². The Morgan fingerprint density at radius 2 is 1.89 bits per heavy atom. The third-order valence-electron chi connectivity index (χ3n) is 0.658. The van der Waals surface area contributed by atoms with Crippen LogP contribution in [0.4, 0.5) is 0 Å². The van der Waals surface area contributed by atoms with Crippen LogP contribution in [0.2, 0.25) is 0 Å². The van der Waals surface area contributed by atoms with Crippen LogP contribution in [0.1, 0.15) is 20.8 Å². The zero-order valence-electron chi connectivity index (χ0n) is 6.43. The highest BCUT2D eigenvalue weighted by atomic mass is 33.1. The first-order chi connectivity index (χ1) is 4.06. The zero-order chi connectivity index (χ0) is 7.33. The Bertz CT molecular complexity index is 67.9. The minimum atomic E-state index is 0.0166. The first kappa shape index (κ1) is 9.66. The summed E-state index contributed by atoms with van der Waals surface area (Å²) in [5, 5.41) is 0. The summed E-state index contributed by atoms with van der Waals surface area (Å²) in [6.45, 7) is 6.19. The van der Waals surface area contributed by atoms with E-state index in [9.17, 15) is 0 Å². The molecule has 56 valence electrons. The second-order valence-electron chi connectivity index (χ2n) is 2.66. The van der Waals surface area contributed by atoms with Crippen LogP contribution in [0.5, 0.6) is 0 Å². The lowest BCUT2D eigenvalue weighted by molar-refractivity contribution is 0.0292. The van der Waals surface area contributed by atoms with E-state index in [1.165, 1.54) is 0 Å². The molecule has 0 aliphatic carbocycles. The molecule has 0 N–H and O–H groups in total. The molecule has 0 unspecified atom stereocenters. The Morgan fingerprint density at radius 3 is 2.22 bits per heavy atom. The second kappa shape index (κ2) is 4.47.